The van der Waals surface area contributed by atoms with Gasteiger partial charge in [0.1, 0.15) is 0 Å². The van der Waals surface area contributed by atoms with Crippen molar-refractivity contribution in [1.29, 1.82) is 0 Å². The van der Waals surface area contributed by atoms with Gasteiger partial charge in [0, 0.05) is 0 Å². The van der Waals surface area contributed by atoms with Crippen molar-refractivity contribution < 1.29 is 9.59 Å². The number of carbonyl (C=O) groups excluding carboxylic acids is 2. The van der Waals surface area contributed by atoms with E-state index in [1.165, 1.54) is 0 Å². The maximum atomic E-state index is 11.7. The molecule has 78 valence electrons. The SMILES string of the molecule is O=C1c2cc3ccccc3cc2C(=O)N1I. The molecule has 0 saturated carbocycles. The second kappa shape index (κ2) is 3.28. The highest BCUT2D eigenvalue weighted by atomic mass is 127. The highest BCUT2D eigenvalue weighted by Gasteiger charge is 2.34. The fourth-order valence-corrected chi connectivity index (χ4v) is 2.42. The second-order valence-electron chi connectivity index (χ2n) is 3.64. The Kier molecular flexibility index (Phi) is 2.00. The first-order valence-corrected chi connectivity index (χ1v) is 5.72. The van der Waals surface area contributed by atoms with E-state index < -0.39 is 0 Å². The summed E-state index contributed by atoms with van der Waals surface area (Å²) in [5, 5.41) is 1.96. The topological polar surface area (TPSA) is 37.4 Å². The summed E-state index contributed by atoms with van der Waals surface area (Å²) < 4.78 is 1.13. The van der Waals surface area contributed by atoms with E-state index >= 15 is 0 Å². The molecule has 16 heavy (non-hydrogen) atoms. The van der Waals surface area contributed by atoms with E-state index in [1.54, 1.807) is 35.0 Å². The van der Waals surface area contributed by atoms with Crippen LogP contribution in [0.5, 0.6) is 0 Å². The minimum Gasteiger partial charge on any atom is -0.268 e. The van der Waals surface area contributed by atoms with Gasteiger partial charge in [-0.25, -0.2) is 3.11 Å². The molecule has 0 saturated heterocycles. The zero-order chi connectivity index (χ0) is 11.3. The number of rotatable bonds is 0. The van der Waals surface area contributed by atoms with Crippen LogP contribution in [0.4, 0.5) is 0 Å². The number of fused-ring (bicyclic) bond motifs is 2. The smallest absolute Gasteiger partial charge is 0.268 e. The van der Waals surface area contributed by atoms with Gasteiger partial charge in [0.05, 0.1) is 34.0 Å². The number of hydrogen-bond acceptors (Lipinski definition) is 2. The van der Waals surface area contributed by atoms with Crippen LogP contribution in [-0.4, -0.2) is 14.9 Å². The summed E-state index contributed by atoms with van der Waals surface area (Å²) in [6.07, 6.45) is 0. The average molecular weight is 323 g/mol. The van der Waals surface area contributed by atoms with E-state index in [0.717, 1.165) is 13.9 Å². The van der Waals surface area contributed by atoms with E-state index in [1.807, 2.05) is 24.3 Å². The summed E-state index contributed by atoms with van der Waals surface area (Å²) in [5.41, 5.74) is 0.996. The van der Waals surface area contributed by atoms with Crippen LogP contribution in [0.3, 0.4) is 0 Å². The molecule has 2 aromatic rings. The molecule has 0 spiro atoms. The molecule has 3 nitrogen and oxygen atoms in total. The van der Waals surface area contributed by atoms with Gasteiger partial charge in [-0.2, -0.15) is 0 Å². The third kappa shape index (κ3) is 1.19. The number of benzene rings is 2. The number of amides is 2. The lowest BCUT2D eigenvalue weighted by Crippen LogP contribution is -2.17. The van der Waals surface area contributed by atoms with Crippen molar-refractivity contribution in [2.24, 2.45) is 0 Å². The molecule has 1 aliphatic rings. The summed E-state index contributed by atoms with van der Waals surface area (Å²) in [6, 6.07) is 11.3. The molecule has 0 unspecified atom stereocenters. The van der Waals surface area contributed by atoms with Crippen LogP contribution in [0.15, 0.2) is 36.4 Å². The van der Waals surface area contributed by atoms with Crippen molar-refractivity contribution in [2.75, 3.05) is 0 Å². The maximum absolute atomic E-state index is 11.7. The van der Waals surface area contributed by atoms with Gasteiger partial charge < -0.3 is 0 Å². The Balaban J connectivity index is 2.38. The first kappa shape index (κ1) is 9.77. The molecule has 0 aromatic heterocycles. The van der Waals surface area contributed by atoms with E-state index in [0.29, 0.717) is 11.1 Å². The van der Waals surface area contributed by atoms with Crippen LogP contribution in [0, 0.1) is 0 Å². The molecule has 0 atom stereocenters. The van der Waals surface area contributed by atoms with Crippen LogP contribution in [0.2, 0.25) is 0 Å². The van der Waals surface area contributed by atoms with Crippen LogP contribution in [0.1, 0.15) is 20.7 Å². The Morgan fingerprint density at radius 3 is 1.75 bits per heavy atom. The van der Waals surface area contributed by atoms with Crippen molar-refractivity contribution in [2.45, 2.75) is 0 Å². The van der Waals surface area contributed by atoms with E-state index in [2.05, 4.69) is 0 Å². The first-order chi connectivity index (χ1) is 7.68. The fourth-order valence-electron chi connectivity index (χ4n) is 1.90. The molecule has 0 N–H and O–H groups in total. The fraction of sp³-hybridized carbons (Fsp3) is 0. The molecule has 2 amide bonds. The van der Waals surface area contributed by atoms with E-state index in [4.69, 9.17) is 0 Å². The Morgan fingerprint density at radius 1 is 0.875 bits per heavy atom. The number of imide groups is 1. The molecule has 1 aliphatic heterocycles. The summed E-state index contributed by atoms with van der Waals surface area (Å²) in [6.45, 7) is 0. The van der Waals surface area contributed by atoms with Gasteiger partial charge in [0.2, 0.25) is 0 Å². The quantitative estimate of drug-likeness (QED) is 0.425. The molecule has 4 heteroatoms. The third-order valence-electron chi connectivity index (χ3n) is 2.70. The van der Waals surface area contributed by atoms with Crippen molar-refractivity contribution in [1.82, 2.24) is 3.11 Å². The zero-order valence-corrected chi connectivity index (χ0v) is 10.3. The van der Waals surface area contributed by atoms with Gasteiger partial charge in [-0.3, -0.25) is 9.59 Å². The van der Waals surface area contributed by atoms with Gasteiger partial charge in [-0.1, -0.05) is 24.3 Å². The number of nitrogens with zero attached hydrogens (tertiary/aromatic N) is 1. The Morgan fingerprint density at radius 2 is 1.31 bits per heavy atom. The summed E-state index contributed by atoms with van der Waals surface area (Å²) in [4.78, 5) is 23.5. The van der Waals surface area contributed by atoms with Crippen LogP contribution in [0.25, 0.3) is 10.8 Å². The highest BCUT2D eigenvalue weighted by Crippen LogP contribution is 2.29. The maximum Gasteiger partial charge on any atom is 0.270 e. The zero-order valence-electron chi connectivity index (χ0n) is 8.11. The van der Waals surface area contributed by atoms with E-state index in [9.17, 15) is 9.59 Å². The molecular formula is C12H6INO2. The average Bonchev–Trinajstić information content (AvgIpc) is 2.52. The van der Waals surface area contributed by atoms with Crippen molar-refractivity contribution >= 4 is 45.5 Å². The highest BCUT2D eigenvalue weighted by molar-refractivity contribution is 14.1. The van der Waals surface area contributed by atoms with Gasteiger partial charge >= 0.3 is 0 Å². The van der Waals surface area contributed by atoms with Gasteiger partial charge in [0.15, 0.2) is 0 Å². The molecule has 0 fully saturated rings. The number of carbonyl (C=O) groups is 2. The summed E-state index contributed by atoms with van der Waals surface area (Å²) in [7, 11) is 0. The Bertz CT molecular complexity index is 581. The van der Waals surface area contributed by atoms with Gasteiger partial charge in [0.25, 0.3) is 11.8 Å². The van der Waals surface area contributed by atoms with Crippen LogP contribution >= 0.6 is 22.9 Å². The van der Waals surface area contributed by atoms with Crippen molar-refractivity contribution in [3.05, 3.63) is 47.5 Å². The molecular weight excluding hydrogens is 317 g/mol. The van der Waals surface area contributed by atoms with Crippen LogP contribution < -0.4 is 0 Å². The Labute approximate surface area is 106 Å². The van der Waals surface area contributed by atoms with Gasteiger partial charge in [-0.05, 0) is 22.9 Å². The molecule has 0 bridgehead atoms. The minimum absolute atomic E-state index is 0.230. The molecule has 2 aromatic carbocycles. The predicted octanol–water partition coefficient (Wildman–Crippen LogP) is 2.79. The van der Waals surface area contributed by atoms with Crippen molar-refractivity contribution in [3.8, 4) is 0 Å². The van der Waals surface area contributed by atoms with Gasteiger partial charge in [-0.15, -0.1) is 0 Å². The first-order valence-electron chi connectivity index (χ1n) is 4.76. The third-order valence-corrected chi connectivity index (χ3v) is 3.58. The molecule has 1 heterocycles. The van der Waals surface area contributed by atoms with Crippen LogP contribution in [-0.2, 0) is 0 Å². The number of hydrogen-bond donors (Lipinski definition) is 0. The summed E-state index contributed by atoms with van der Waals surface area (Å²) in [5.74, 6) is -0.460. The van der Waals surface area contributed by atoms with Crippen molar-refractivity contribution in [3.63, 3.8) is 0 Å². The molecule has 0 aliphatic carbocycles. The molecule has 0 radical (unpaired) electrons. The minimum atomic E-state index is -0.230. The normalized spacial score (nSPS) is 14.7. The predicted molar refractivity (Wildman–Crippen MR) is 68.5 cm³/mol. The molecule has 3 rings (SSSR count). The number of halogens is 1. The monoisotopic (exact) mass is 323 g/mol. The standard InChI is InChI=1S/C12H6INO2/c13-14-11(15)9-5-7-3-1-2-4-8(7)6-10(9)12(14)16/h1-6H. The lowest BCUT2D eigenvalue weighted by molar-refractivity contribution is 0.0797. The second-order valence-corrected chi connectivity index (χ2v) is 4.60. The van der Waals surface area contributed by atoms with E-state index in [-0.39, 0.29) is 11.8 Å². The lowest BCUT2D eigenvalue weighted by atomic mass is 10.0. The Hall–Kier alpha value is -1.43. The largest absolute Gasteiger partial charge is 0.270 e. The summed E-state index contributed by atoms with van der Waals surface area (Å²) >= 11 is 1.74. The lowest BCUT2D eigenvalue weighted by Gasteiger charge is -1.99.